The van der Waals surface area contributed by atoms with Crippen molar-refractivity contribution in [1.29, 1.82) is 0 Å². The minimum atomic E-state index is 0.0400. The minimum Gasteiger partial charge on any atom is -0.378 e. The fourth-order valence-electron chi connectivity index (χ4n) is 10.8. The lowest BCUT2D eigenvalue weighted by atomic mass is 9.34. The van der Waals surface area contributed by atoms with Gasteiger partial charge in [0.25, 0.3) is 0 Å². The van der Waals surface area contributed by atoms with Crippen molar-refractivity contribution >= 4 is 89.5 Å². The van der Waals surface area contributed by atoms with Crippen molar-refractivity contribution in [3.05, 3.63) is 155 Å². The van der Waals surface area contributed by atoms with Gasteiger partial charge in [-0.2, -0.15) is 15.0 Å². The average molecular weight is 908 g/mol. The van der Waals surface area contributed by atoms with Gasteiger partial charge < -0.3 is 19.6 Å². The predicted molar refractivity (Wildman–Crippen MR) is 297 cm³/mol. The van der Waals surface area contributed by atoms with E-state index in [1.54, 1.807) is 0 Å². The Balaban J connectivity index is 1.25. The Kier molecular flexibility index (Phi) is 11.3. The third-order valence-corrected chi connectivity index (χ3v) is 14.1. The number of benzene rings is 7. The lowest BCUT2D eigenvalue weighted by Gasteiger charge is -2.24. The smallest absolute Gasteiger partial charge is 0.242 e. The molecule has 0 N–H and O–H groups in total. The highest BCUT2D eigenvalue weighted by atomic mass is 15.3. The van der Waals surface area contributed by atoms with Gasteiger partial charge in [-0.1, -0.05) is 98.3 Å². The molecule has 3 aromatic heterocycles. The number of fused-ring (bicyclic) bond motifs is 6. The van der Waals surface area contributed by atoms with Crippen molar-refractivity contribution in [2.45, 2.75) is 41.5 Å². The van der Waals surface area contributed by atoms with Gasteiger partial charge in [-0.15, -0.1) is 0 Å². The normalized spacial score (nSPS) is 11.6. The summed E-state index contributed by atoms with van der Waals surface area (Å²) in [5.41, 5.74) is 21.2. The zero-order chi connectivity index (χ0) is 48.7. The van der Waals surface area contributed by atoms with Crippen molar-refractivity contribution in [3.63, 3.8) is 0 Å². The van der Waals surface area contributed by atoms with Crippen LogP contribution < -0.4 is 36.0 Å². The molecule has 0 fully saturated rings. The third kappa shape index (κ3) is 7.82. The third-order valence-electron chi connectivity index (χ3n) is 14.1. The molecule has 9 nitrogen and oxygen atoms in total. The summed E-state index contributed by atoms with van der Waals surface area (Å²) >= 11 is 0. The first-order valence-electron chi connectivity index (χ1n) is 23.9. The Hall–Kier alpha value is -7.59. The highest BCUT2D eigenvalue weighted by Crippen LogP contribution is 2.38. The van der Waals surface area contributed by atoms with Crippen LogP contribution in [0.25, 0.3) is 66.9 Å². The number of hydrogen-bond donors (Lipinski definition) is 0. The van der Waals surface area contributed by atoms with Crippen molar-refractivity contribution in [3.8, 4) is 23.3 Å². The number of rotatable bonds is 10. The molecule has 0 spiro atoms. The molecule has 346 valence electrons. The lowest BCUT2D eigenvalue weighted by Crippen LogP contribution is -2.55. The molecule has 0 radical (unpaired) electrons. The summed E-state index contributed by atoms with van der Waals surface area (Å²) in [4.78, 5) is 25.1. The van der Waals surface area contributed by atoms with Gasteiger partial charge in [0.1, 0.15) is 0 Å². The van der Waals surface area contributed by atoms with Crippen LogP contribution in [0.4, 0.5) is 22.7 Å². The monoisotopic (exact) mass is 908 g/mol. The van der Waals surface area contributed by atoms with Crippen LogP contribution in [0, 0.1) is 41.5 Å². The Morgan fingerprint density at radius 1 is 0.362 bits per heavy atom. The molecule has 7 aromatic carbocycles. The fraction of sp³-hybridized carbons (Fsp3) is 0.237. The molecule has 10 aromatic rings. The van der Waals surface area contributed by atoms with Gasteiger partial charge in [-0.05, 0) is 114 Å². The Morgan fingerprint density at radius 3 is 0.957 bits per heavy atom. The number of anilines is 4. The molecule has 0 aliphatic heterocycles. The first-order valence-corrected chi connectivity index (χ1v) is 23.9. The van der Waals surface area contributed by atoms with Crippen molar-refractivity contribution in [2.75, 3.05) is 76.0 Å². The molecule has 0 saturated heterocycles. The zero-order valence-corrected chi connectivity index (χ0v) is 42.6. The van der Waals surface area contributed by atoms with Gasteiger partial charge >= 0.3 is 0 Å². The van der Waals surface area contributed by atoms with E-state index >= 15 is 0 Å². The second-order valence-electron chi connectivity index (χ2n) is 20.0. The van der Waals surface area contributed by atoms with Crippen molar-refractivity contribution in [1.82, 2.24) is 24.1 Å². The van der Waals surface area contributed by atoms with Gasteiger partial charge in [0, 0.05) is 106 Å². The molecular weight excluding hydrogens is 846 g/mol. The van der Waals surface area contributed by atoms with Gasteiger partial charge in [0.05, 0.1) is 22.1 Å². The van der Waals surface area contributed by atoms with Crippen LogP contribution in [0.5, 0.6) is 0 Å². The predicted octanol–water partition coefficient (Wildman–Crippen LogP) is 10.4. The quantitative estimate of drug-likeness (QED) is 0.127. The topological polar surface area (TPSA) is 61.5 Å². The molecule has 3 heterocycles. The molecule has 0 aliphatic carbocycles. The van der Waals surface area contributed by atoms with E-state index in [2.05, 4.69) is 248 Å². The highest BCUT2D eigenvalue weighted by molar-refractivity contribution is 6.96. The van der Waals surface area contributed by atoms with Crippen LogP contribution in [0.3, 0.4) is 0 Å². The summed E-state index contributed by atoms with van der Waals surface area (Å²) in [5.74, 6) is 1.70. The maximum absolute atomic E-state index is 5.51. The maximum atomic E-state index is 5.51. The van der Waals surface area contributed by atoms with Crippen LogP contribution in [0.1, 0.15) is 33.4 Å². The molecule has 10 heteroatoms. The lowest BCUT2D eigenvalue weighted by molar-refractivity contribution is 0.892. The minimum absolute atomic E-state index is 0.0400. The summed E-state index contributed by atoms with van der Waals surface area (Å²) in [6.45, 7) is 13.5. The SMILES string of the molecule is Cc1cc(C)c(B(c2ccc(-c3nc(-n4c5ccc(N(C)C)cc5c5cc(N(C)C)ccc54)nc(-n4c5ccc(N(C)C)cc5c5cc(N(C)C)ccc54)n3)cc2)c2c(C)cc(C)cc2C)c(C)c1. The zero-order valence-electron chi connectivity index (χ0n) is 42.6. The van der Waals surface area contributed by atoms with E-state index in [0.717, 1.165) is 71.9 Å². The highest BCUT2D eigenvalue weighted by Gasteiger charge is 2.29. The molecule has 0 unspecified atom stereocenters. The Labute approximate surface area is 407 Å². The molecule has 0 saturated carbocycles. The summed E-state index contributed by atoms with van der Waals surface area (Å²) < 4.78 is 4.44. The molecule has 0 bridgehead atoms. The second-order valence-corrected chi connectivity index (χ2v) is 20.0. The largest absolute Gasteiger partial charge is 0.378 e. The molecule has 69 heavy (non-hydrogen) atoms. The van der Waals surface area contributed by atoms with Crippen molar-refractivity contribution < 1.29 is 0 Å². The molecule has 0 aliphatic rings. The molecular formula is C59H62BN9. The van der Waals surface area contributed by atoms with Crippen LogP contribution >= 0.6 is 0 Å². The summed E-state index contributed by atoms with van der Waals surface area (Å²) in [7, 11) is 16.7. The number of aromatic nitrogens is 5. The van der Waals surface area contributed by atoms with E-state index in [4.69, 9.17) is 15.0 Å². The van der Waals surface area contributed by atoms with Gasteiger partial charge in [-0.25, -0.2) is 0 Å². The molecule has 0 atom stereocenters. The first kappa shape index (κ1) is 45.2. The standard InChI is InChI=1S/C59H62BN9/c1-35-27-37(3)55(38(4)28-35)60(56-39(5)29-36(2)30-40(56)6)42-17-15-41(16-18-42)57-61-58(68-51-23-19-43(64(7)8)31-47(51)48-32-44(65(9)10)20-24-52(48)68)63-59(62-57)69-53-25-21-45(66(11)12)33-49(53)50-34-46(67(13)14)22-26-54(50)69/h15-34H,1-14H3. The van der Waals surface area contributed by atoms with Crippen LogP contribution in [-0.4, -0.2) is 87.2 Å². The van der Waals surface area contributed by atoms with Gasteiger partial charge in [0.2, 0.25) is 18.6 Å². The summed E-state index contributed by atoms with van der Waals surface area (Å²) in [5, 5.41) is 4.52. The Bertz CT molecular complexity index is 3260. The summed E-state index contributed by atoms with van der Waals surface area (Å²) in [6, 6.07) is 44.9. The maximum Gasteiger partial charge on any atom is 0.242 e. The van der Waals surface area contributed by atoms with E-state index in [1.165, 1.54) is 49.8 Å². The van der Waals surface area contributed by atoms with Crippen molar-refractivity contribution in [2.24, 2.45) is 0 Å². The number of aryl methyl sites for hydroxylation is 6. The van der Waals surface area contributed by atoms with E-state index in [9.17, 15) is 0 Å². The van der Waals surface area contributed by atoms with Crippen LogP contribution in [0.15, 0.2) is 121 Å². The average Bonchev–Trinajstić information content (AvgIpc) is 3.81. The first-order chi connectivity index (χ1) is 33.0. The van der Waals surface area contributed by atoms with E-state index in [0.29, 0.717) is 17.7 Å². The Morgan fingerprint density at radius 2 is 0.667 bits per heavy atom. The van der Waals surface area contributed by atoms with Gasteiger partial charge in [-0.3, -0.25) is 9.13 Å². The van der Waals surface area contributed by atoms with E-state index in [1.807, 2.05) is 0 Å². The van der Waals surface area contributed by atoms with E-state index < -0.39 is 0 Å². The molecule has 10 rings (SSSR count). The van der Waals surface area contributed by atoms with Crippen LogP contribution in [-0.2, 0) is 0 Å². The second kappa shape index (κ2) is 17.2. The number of hydrogen-bond acceptors (Lipinski definition) is 7. The van der Waals surface area contributed by atoms with Gasteiger partial charge in [0.15, 0.2) is 5.82 Å². The summed E-state index contributed by atoms with van der Waals surface area (Å²) in [6.07, 6.45) is 0. The molecule has 0 amide bonds. The van der Waals surface area contributed by atoms with E-state index in [-0.39, 0.29) is 6.71 Å². The number of nitrogens with zero attached hydrogens (tertiary/aromatic N) is 9. The van der Waals surface area contributed by atoms with Crippen LogP contribution in [0.2, 0.25) is 0 Å². The fourth-order valence-corrected chi connectivity index (χ4v) is 10.8.